The maximum atomic E-state index is 13.7. The maximum absolute atomic E-state index is 13.7. The number of hydrogen-bond acceptors (Lipinski definition) is 2. The molecule has 2 amide bonds. The standard InChI is InChI=1S/C22H16ClFN2O2/c23-16-9-10-19-18(12-16)21(14-5-2-1-3-6-14)26(13-20(27)25-19)22(28)15-7-4-8-17(24)11-15/h1-12,21H,13H2,(H,25,27). The number of anilines is 1. The summed E-state index contributed by atoms with van der Waals surface area (Å²) in [6, 6.07) is 19.4. The molecule has 1 aliphatic heterocycles. The van der Waals surface area contributed by atoms with Gasteiger partial charge in [-0.05, 0) is 42.0 Å². The monoisotopic (exact) mass is 394 g/mol. The lowest BCUT2D eigenvalue weighted by molar-refractivity contribution is -0.117. The van der Waals surface area contributed by atoms with E-state index in [1.165, 1.54) is 29.2 Å². The Morgan fingerprint density at radius 3 is 2.57 bits per heavy atom. The molecule has 1 N–H and O–H groups in total. The van der Waals surface area contributed by atoms with Crippen molar-refractivity contribution < 1.29 is 14.0 Å². The van der Waals surface area contributed by atoms with Crippen LogP contribution in [0.15, 0.2) is 72.8 Å². The lowest BCUT2D eigenvalue weighted by Gasteiger charge is -2.30. The summed E-state index contributed by atoms with van der Waals surface area (Å²) in [7, 11) is 0. The van der Waals surface area contributed by atoms with Crippen LogP contribution in [0.5, 0.6) is 0 Å². The Morgan fingerprint density at radius 1 is 1.04 bits per heavy atom. The quantitative estimate of drug-likeness (QED) is 0.687. The molecule has 0 bridgehead atoms. The van der Waals surface area contributed by atoms with E-state index in [1.54, 1.807) is 18.2 Å². The van der Waals surface area contributed by atoms with Crippen molar-refractivity contribution in [2.24, 2.45) is 0 Å². The van der Waals surface area contributed by atoms with Gasteiger partial charge in [-0.1, -0.05) is 48.0 Å². The first-order valence-corrected chi connectivity index (χ1v) is 9.11. The van der Waals surface area contributed by atoms with Crippen LogP contribution >= 0.6 is 11.6 Å². The normalized spacial score (nSPS) is 16.1. The van der Waals surface area contributed by atoms with Crippen LogP contribution in [0.4, 0.5) is 10.1 Å². The van der Waals surface area contributed by atoms with Crippen LogP contribution in [-0.4, -0.2) is 23.3 Å². The average Bonchev–Trinajstić information content (AvgIpc) is 2.83. The van der Waals surface area contributed by atoms with E-state index in [0.717, 1.165) is 5.56 Å². The van der Waals surface area contributed by atoms with Gasteiger partial charge in [-0.3, -0.25) is 9.59 Å². The molecule has 6 heteroatoms. The van der Waals surface area contributed by atoms with Gasteiger partial charge in [0.05, 0.1) is 6.04 Å². The summed E-state index contributed by atoms with van der Waals surface area (Å²) in [5, 5.41) is 3.33. The molecule has 0 spiro atoms. The van der Waals surface area contributed by atoms with Gasteiger partial charge in [0.15, 0.2) is 0 Å². The number of nitrogens with one attached hydrogen (secondary N) is 1. The molecule has 0 aromatic heterocycles. The number of nitrogens with zero attached hydrogens (tertiary/aromatic N) is 1. The Balaban J connectivity index is 1.89. The topological polar surface area (TPSA) is 49.4 Å². The number of carbonyl (C=O) groups excluding carboxylic acids is 2. The van der Waals surface area contributed by atoms with E-state index < -0.39 is 17.8 Å². The Bertz CT molecular complexity index is 1060. The second-order valence-corrected chi connectivity index (χ2v) is 6.97. The molecule has 3 aromatic carbocycles. The molecule has 0 aliphatic carbocycles. The van der Waals surface area contributed by atoms with Gasteiger partial charge in [0.25, 0.3) is 5.91 Å². The van der Waals surface area contributed by atoms with E-state index in [2.05, 4.69) is 5.32 Å². The summed E-state index contributed by atoms with van der Waals surface area (Å²) in [4.78, 5) is 27.2. The van der Waals surface area contributed by atoms with Crippen LogP contribution in [0.2, 0.25) is 5.02 Å². The molecule has 140 valence electrons. The average molecular weight is 395 g/mol. The van der Waals surface area contributed by atoms with Crippen LogP contribution < -0.4 is 5.32 Å². The SMILES string of the molecule is O=C1CN(C(=O)c2cccc(F)c2)C(c2ccccc2)c2cc(Cl)ccc2N1. The molecule has 0 fully saturated rings. The highest BCUT2D eigenvalue weighted by molar-refractivity contribution is 6.30. The molecule has 1 heterocycles. The third-order valence-electron chi connectivity index (χ3n) is 4.66. The van der Waals surface area contributed by atoms with E-state index in [9.17, 15) is 14.0 Å². The second kappa shape index (κ2) is 7.44. The van der Waals surface area contributed by atoms with Gasteiger partial charge in [-0.15, -0.1) is 0 Å². The molecule has 4 rings (SSSR count). The van der Waals surface area contributed by atoms with Crippen molar-refractivity contribution in [3.05, 3.63) is 100 Å². The fourth-order valence-corrected chi connectivity index (χ4v) is 3.63. The predicted molar refractivity (Wildman–Crippen MR) is 106 cm³/mol. The first-order valence-electron chi connectivity index (χ1n) is 8.74. The fraction of sp³-hybridized carbons (Fsp3) is 0.0909. The number of rotatable bonds is 2. The number of carbonyl (C=O) groups is 2. The van der Waals surface area contributed by atoms with Crippen LogP contribution in [0.25, 0.3) is 0 Å². The fourth-order valence-electron chi connectivity index (χ4n) is 3.45. The number of benzene rings is 3. The van der Waals surface area contributed by atoms with Gasteiger partial charge in [-0.25, -0.2) is 4.39 Å². The van der Waals surface area contributed by atoms with Crippen LogP contribution in [0, 0.1) is 5.82 Å². The van der Waals surface area contributed by atoms with Crippen molar-refractivity contribution >= 4 is 29.1 Å². The summed E-state index contributed by atoms with van der Waals surface area (Å²) in [6.45, 7) is -0.165. The minimum Gasteiger partial charge on any atom is -0.324 e. The Morgan fingerprint density at radius 2 is 1.82 bits per heavy atom. The molecule has 0 radical (unpaired) electrons. The first kappa shape index (κ1) is 18.2. The van der Waals surface area contributed by atoms with Crippen molar-refractivity contribution in [2.45, 2.75) is 6.04 Å². The Labute approximate surface area is 166 Å². The molecule has 0 saturated heterocycles. The van der Waals surface area contributed by atoms with E-state index >= 15 is 0 Å². The molecule has 3 aromatic rings. The Hall–Kier alpha value is -3.18. The summed E-state index contributed by atoms with van der Waals surface area (Å²) < 4.78 is 13.7. The predicted octanol–water partition coefficient (Wildman–Crippen LogP) is 4.66. The van der Waals surface area contributed by atoms with Gasteiger partial charge in [0, 0.05) is 21.8 Å². The lowest BCUT2D eigenvalue weighted by atomic mass is 9.95. The van der Waals surface area contributed by atoms with Crippen LogP contribution in [0.3, 0.4) is 0 Å². The third-order valence-corrected chi connectivity index (χ3v) is 4.89. The molecule has 4 nitrogen and oxygen atoms in total. The number of halogens is 2. The highest BCUT2D eigenvalue weighted by atomic mass is 35.5. The van der Waals surface area contributed by atoms with Crippen LogP contribution in [-0.2, 0) is 4.79 Å². The molecule has 0 saturated carbocycles. The van der Waals surface area contributed by atoms with Gasteiger partial charge in [-0.2, -0.15) is 0 Å². The van der Waals surface area contributed by atoms with E-state index in [4.69, 9.17) is 11.6 Å². The molecule has 28 heavy (non-hydrogen) atoms. The number of hydrogen-bond donors (Lipinski definition) is 1. The second-order valence-electron chi connectivity index (χ2n) is 6.54. The van der Waals surface area contributed by atoms with Crippen molar-refractivity contribution in [3.63, 3.8) is 0 Å². The van der Waals surface area contributed by atoms with Crippen molar-refractivity contribution in [1.29, 1.82) is 0 Å². The summed E-state index contributed by atoms with van der Waals surface area (Å²) in [6.07, 6.45) is 0. The Kier molecular flexibility index (Phi) is 4.84. The summed E-state index contributed by atoms with van der Waals surface area (Å²) in [5.41, 5.74) is 2.30. The molecular formula is C22H16ClFN2O2. The highest BCUT2D eigenvalue weighted by Crippen LogP contribution is 2.37. The van der Waals surface area contributed by atoms with Crippen molar-refractivity contribution in [2.75, 3.05) is 11.9 Å². The van der Waals surface area contributed by atoms with E-state index in [1.807, 2.05) is 30.3 Å². The zero-order valence-electron chi connectivity index (χ0n) is 14.7. The third kappa shape index (κ3) is 3.49. The van der Waals surface area contributed by atoms with Gasteiger partial charge >= 0.3 is 0 Å². The van der Waals surface area contributed by atoms with E-state index in [-0.39, 0.29) is 18.0 Å². The summed E-state index contributed by atoms with van der Waals surface area (Å²) in [5.74, 6) is -1.27. The van der Waals surface area contributed by atoms with Gasteiger partial charge in [0.1, 0.15) is 12.4 Å². The van der Waals surface area contributed by atoms with Gasteiger partial charge in [0.2, 0.25) is 5.91 Å². The minimum atomic E-state index is -0.551. The van der Waals surface area contributed by atoms with Crippen molar-refractivity contribution in [3.8, 4) is 0 Å². The van der Waals surface area contributed by atoms with Crippen LogP contribution in [0.1, 0.15) is 27.5 Å². The molecule has 1 atom stereocenters. The molecular weight excluding hydrogens is 379 g/mol. The molecule has 1 unspecified atom stereocenters. The smallest absolute Gasteiger partial charge is 0.255 e. The van der Waals surface area contributed by atoms with E-state index in [0.29, 0.717) is 16.3 Å². The zero-order chi connectivity index (χ0) is 19.7. The highest BCUT2D eigenvalue weighted by Gasteiger charge is 2.34. The van der Waals surface area contributed by atoms with Gasteiger partial charge < -0.3 is 10.2 Å². The van der Waals surface area contributed by atoms with Crippen molar-refractivity contribution in [1.82, 2.24) is 4.90 Å². The number of fused-ring (bicyclic) bond motifs is 1. The first-order chi connectivity index (χ1) is 13.5. The zero-order valence-corrected chi connectivity index (χ0v) is 15.5. The summed E-state index contributed by atoms with van der Waals surface area (Å²) >= 11 is 6.22. The largest absolute Gasteiger partial charge is 0.324 e. The lowest BCUT2D eigenvalue weighted by Crippen LogP contribution is -2.39. The number of amides is 2. The molecule has 1 aliphatic rings. The minimum absolute atomic E-state index is 0.165. The maximum Gasteiger partial charge on any atom is 0.255 e.